The summed E-state index contributed by atoms with van der Waals surface area (Å²) in [6.07, 6.45) is 3.46. The van der Waals surface area contributed by atoms with Gasteiger partial charge in [0.25, 0.3) is 0 Å². The number of ether oxygens (including phenoxy) is 2. The minimum atomic E-state index is -2.59. The molecular weight excluding hydrogens is 524 g/mol. The van der Waals surface area contributed by atoms with Crippen LogP contribution in [0.15, 0.2) is 59.2 Å². The van der Waals surface area contributed by atoms with Gasteiger partial charge in [-0.1, -0.05) is 29.8 Å². The van der Waals surface area contributed by atoms with E-state index in [1.807, 2.05) is 37.3 Å². The van der Waals surface area contributed by atoms with Crippen LogP contribution in [-0.4, -0.2) is 31.4 Å². The molecule has 1 heterocycles. The van der Waals surface area contributed by atoms with Crippen molar-refractivity contribution in [3.8, 4) is 17.4 Å². The summed E-state index contributed by atoms with van der Waals surface area (Å²) >= 11 is 0.862. The predicted molar refractivity (Wildman–Crippen MR) is 130 cm³/mol. The van der Waals surface area contributed by atoms with Crippen molar-refractivity contribution in [1.29, 1.82) is 0 Å². The van der Waals surface area contributed by atoms with Crippen molar-refractivity contribution in [3.63, 3.8) is 0 Å². The van der Waals surface area contributed by atoms with E-state index in [0.717, 1.165) is 23.1 Å². The minimum absolute atomic E-state index is 0.317. The van der Waals surface area contributed by atoms with E-state index < -0.39 is 29.9 Å². The van der Waals surface area contributed by atoms with Gasteiger partial charge in [0, 0.05) is 11.3 Å². The molecule has 1 aliphatic rings. The molecule has 34 heavy (non-hydrogen) atoms. The average molecular weight is 546 g/mol. The summed E-state index contributed by atoms with van der Waals surface area (Å²) in [6, 6.07) is 14.0. The highest BCUT2D eigenvalue weighted by atomic mass is 79.9. The maximum atomic E-state index is 12.4. The molecule has 0 saturated carbocycles. The lowest BCUT2D eigenvalue weighted by molar-refractivity contribution is -0.139. The quantitative estimate of drug-likeness (QED) is 0.392. The van der Waals surface area contributed by atoms with Crippen molar-refractivity contribution in [1.82, 2.24) is 4.98 Å². The maximum absolute atomic E-state index is 12.4. The summed E-state index contributed by atoms with van der Waals surface area (Å²) in [5.41, 5.74) is 3.09. The van der Waals surface area contributed by atoms with Gasteiger partial charge in [-0.05, 0) is 77.5 Å². The number of aliphatic carboxylic acids is 1. The molecule has 0 radical (unpaired) electrons. The highest BCUT2D eigenvalue weighted by Gasteiger charge is 2.30. The van der Waals surface area contributed by atoms with E-state index in [1.54, 1.807) is 18.2 Å². The van der Waals surface area contributed by atoms with Crippen LogP contribution in [0.25, 0.3) is 0 Å². The van der Waals surface area contributed by atoms with Crippen LogP contribution in [0.5, 0.6) is 17.4 Å². The zero-order valence-electron chi connectivity index (χ0n) is 18.3. The predicted octanol–water partition coefficient (Wildman–Crippen LogP) is 5.09. The smallest absolute Gasteiger partial charge is 0.341 e. The first kappa shape index (κ1) is 24.2. The van der Waals surface area contributed by atoms with Gasteiger partial charge in [-0.15, -0.1) is 0 Å². The van der Waals surface area contributed by atoms with Gasteiger partial charge in [-0.2, -0.15) is 0 Å². The minimum Gasteiger partial charge on any atom is -0.755 e. The normalized spacial score (nSPS) is 15.8. The Kier molecular flexibility index (Phi) is 7.50. The van der Waals surface area contributed by atoms with Gasteiger partial charge in [0.1, 0.15) is 11.5 Å². The zero-order valence-corrected chi connectivity index (χ0v) is 20.7. The lowest BCUT2D eigenvalue weighted by atomic mass is 9.87. The zero-order chi connectivity index (χ0) is 24.2. The van der Waals surface area contributed by atoms with Crippen LogP contribution in [0, 0.1) is 6.92 Å². The fraction of sp³-hybridized carbons (Fsp3) is 0.250. The van der Waals surface area contributed by atoms with E-state index in [1.165, 1.54) is 10.5 Å². The second-order valence-electron chi connectivity index (χ2n) is 7.85. The summed E-state index contributed by atoms with van der Waals surface area (Å²) in [5, 5.41) is 8.96. The van der Waals surface area contributed by atoms with E-state index in [9.17, 15) is 13.6 Å². The topological polar surface area (TPSA) is 112 Å². The molecule has 10 heteroatoms. The number of hydrogen-bond donors (Lipinski definition) is 1. The van der Waals surface area contributed by atoms with Gasteiger partial charge in [-0.3, -0.25) is 8.51 Å². The van der Waals surface area contributed by atoms with Crippen molar-refractivity contribution in [2.45, 2.75) is 32.2 Å². The molecule has 0 spiro atoms. The summed E-state index contributed by atoms with van der Waals surface area (Å²) < 4.78 is 37.8. The molecule has 1 aromatic heterocycles. The summed E-state index contributed by atoms with van der Waals surface area (Å²) in [5.74, 6) is 0.321. The van der Waals surface area contributed by atoms with Gasteiger partial charge in [-0.25, -0.2) is 9.78 Å². The Labute approximate surface area is 208 Å². The lowest BCUT2D eigenvalue weighted by Crippen LogP contribution is -2.33. The van der Waals surface area contributed by atoms with E-state index in [0.29, 0.717) is 40.4 Å². The number of benzene rings is 2. The Morgan fingerprint density at radius 1 is 1.29 bits per heavy atom. The van der Waals surface area contributed by atoms with Crippen molar-refractivity contribution in [2.24, 2.45) is 0 Å². The standard InChI is InChI=1S/C24H23BrN2O6S/c1-15-8-10-17(11-9-15)33-24-20(25)12-16(13-26-24)27(34(30)31)21-6-2-5-19-18(21)4-3-7-22(19)32-14-23(28)29/h3-4,7-13,21H,2,5-6,14H2,1H3,(H,28,29)(H,30,31)/p-1. The maximum Gasteiger partial charge on any atom is 0.341 e. The van der Waals surface area contributed by atoms with Crippen molar-refractivity contribution < 1.29 is 28.1 Å². The highest BCUT2D eigenvalue weighted by Crippen LogP contribution is 2.42. The van der Waals surface area contributed by atoms with Crippen LogP contribution in [0.1, 0.15) is 35.6 Å². The number of carboxylic acids is 1. The van der Waals surface area contributed by atoms with Gasteiger partial charge in [0.05, 0.1) is 22.4 Å². The lowest BCUT2D eigenvalue weighted by Gasteiger charge is -2.38. The Balaban J connectivity index is 1.64. The Hall–Kier alpha value is -2.95. The van der Waals surface area contributed by atoms with Crippen LogP contribution in [-0.2, 0) is 22.5 Å². The van der Waals surface area contributed by atoms with Crippen molar-refractivity contribution in [2.75, 3.05) is 10.9 Å². The molecule has 1 aliphatic carbocycles. The number of hydrogen-bond acceptors (Lipinski definition) is 6. The second kappa shape index (κ2) is 10.5. The number of aryl methyl sites for hydroxylation is 1. The van der Waals surface area contributed by atoms with E-state index >= 15 is 0 Å². The molecule has 0 amide bonds. The van der Waals surface area contributed by atoms with Crippen LogP contribution in [0.4, 0.5) is 5.69 Å². The molecule has 0 fully saturated rings. The Morgan fingerprint density at radius 3 is 2.74 bits per heavy atom. The largest absolute Gasteiger partial charge is 0.755 e. The number of fused-ring (bicyclic) bond motifs is 1. The fourth-order valence-corrected chi connectivity index (χ4v) is 5.12. The molecule has 3 aromatic rings. The Morgan fingerprint density at radius 2 is 2.06 bits per heavy atom. The summed E-state index contributed by atoms with van der Waals surface area (Å²) in [6.45, 7) is 1.52. The number of nitrogens with zero attached hydrogens (tertiary/aromatic N) is 2. The second-order valence-corrected chi connectivity index (χ2v) is 9.53. The number of carboxylic acid groups (broad SMARTS) is 1. The molecule has 0 bridgehead atoms. The molecule has 2 aromatic carbocycles. The van der Waals surface area contributed by atoms with Crippen LogP contribution >= 0.6 is 15.9 Å². The van der Waals surface area contributed by atoms with Crippen molar-refractivity contribution in [3.05, 3.63) is 75.9 Å². The molecule has 1 N–H and O–H groups in total. The fourth-order valence-electron chi connectivity index (χ4n) is 4.01. The SMILES string of the molecule is Cc1ccc(Oc2ncc(N(C3CCCc4c(OCC(=O)O)cccc43)S(=O)[O-])cc2Br)cc1. The molecule has 4 rings (SSSR count). The molecule has 8 nitrogen and oxygen atoms in total. The third-order valence-corrected chi connectivity index (χ3v) is 6.87. The van der Waals surface area contributed by atoms with Gasteiger partial charge >= 0.3 is 5.97 Å². The van der Waals surface area contributed by atoms with Crippen LogP contribution in [0.3, 0.4) is 0 Å². The first-order valence-corrected chi connectivity index (χ1v) is 12.4. The molecular formula is C24H22BrN2O6S-. The van der Waals surface area contributed by atoms with E-state index in [-0.39, 0.29) is 0 Å². The summed E-state index contributed by atoms with van der Waals surface area (Å²) in [4.78, 5) is 15.3. The number of aromatic nitrogens is 1. The third-order valence-electron chi connectivity index (χ3n) is 5.51. The van der Waals surface area contributed by atoms with Crippen LogP contribution < -0.4 is 13.8 Å². The molecule has 0 aliphatic heterocycles. The number of pyridine rings is 1. The molecule has 0 saturated heterocycles. The monoisotopic (exact) mass is 545 g/mol. The highest BCUT2D eigenvalue weighted by molar-refractivity contribution is 9.10. The number of halogens is 1. The number of carbonyl (C=O) groups is 1. The van der Waals surface area contributed by atoms with E-state index in [4.69, 9.17) is 14.6 Å². The van der Waals surface area contributed by atoms with Gasteiger partial charge < -0.3 is 19.1 Å². The molecule has 2 unspecified atom stereocenters. The van der Waals surface area contributed by atoms with Gasteiger partial charge in [0.2, 0.25) is 5.88 Å². The van der Waals surface area contributed by atoms with Gasteiger partial charge in [0.15, 0.2) is 6.61 Å². The van der Waals surface area contributed by atoms with Crippen molar-refractivity contribution >= 4 is 38.9 Å². The third kappa shape index (κ3) is 5.40. The first-order chi connectivity index (χ1) is 16.3. The number of anilines is 1. The van der Waals surface area contributed by atoms with Crippen LogP contribution in [0.2, 0.25) is 0 Å². The number of rotatable bonds is 8. The molecule has 178 valence electrons. The molecule has 2 atom stereocenters. The first-order valence-electron chi connectivity index (χ1n) is 10.6. The Bertz CT molecular complexity index is 1220. The summed E-state index contributed by atoms with van der Waals surface area (Å²) in [7, 11) is 0. The van der Waals surface area contributed by atoms with E-state index in [2.05, 4.69) is 20.9 Å². The average Bonchev–Trinajstić information content (AvgIpc) is 2.81.